The van der Waals surface area contributed by atoms with Crippen LogP contribution in [0.5, 0.6) is 0 Å². The molecule has 1 unspecified atom stereocenters. The molecule has 5 N–H and O–H groups in total. The van der Waals surface area contributed by atoms with E-state index in [2.05, 4.69) is 51.0 Å². The molecule has 8 heteroatoms. The molecule has 148 valence electrons. The molecule has 2 heterocycles. The number of allylic oxidation sites excluding steroid dienone is 1. The highest BCUT2D eigenvalue weighted by atomic mass is 16.5. The number of aromatic amines is 1. The number of hydrogen-bond donors (Lipinski definition) is 3. The van der Waals surface area contributed by atoms with Gasteiger partial charge in [-0.2, -0.15) is 10.1 Å². The van der Waals surface area contributed by atoms with Gasteiger partial charge < -0.3 is 16.0 Å². The third-order valence-corrected chi connectivity index (χ3v) is 5.37. The van der Waals surface area contributed by atoms with Crippen LogP contribution < -0.4 is 11.5 Å². The van der Waals surface area contributed by atoms with E-state index in [1.165, 1.54) is 6.20 Å². The fraction of sp³-hybridized carbons (Fsp3) is 0.238. The number of nitrogens with one attached hydrogen (secondary N) is 1. The summed E-state index contributed by atoms with van der Waals surface area (Å²) in [5, 5.41) is 11.2. The fourth-order valence-corrected chi connectivity index (χ4v) is 3.50. The molecule has 1 aliphatic rings. The molecular weight excluding hydrogens is 366 g/mol. The molecule has 1 fully saturated rings. The van der Waals surface area contributed by atoms with Crippen molar-refractivity contribution >= 4 is 11.8 Å². The molecule has 4 rings (SSSR count). The smallest absolute Gasteiger partial charge is 0.278 e. The SMILES string of the molecule is C=C(N)/N=C\C(=C/N)c1ccc(C(C)(c2noc(-c3cc[nH]n3)n2)C2CC2)cc1. The van der Waals surface area contributed by atoms with Gasteiger partial charge in [0.2, 0.25) is 0 Å². The van der Waals surface area contributed by atoms with Gasteiger partial charge in [0, 0.05) is 24.2 Å². The maximum Gasteiger partial charge on any atom is 0.278 e. The maximum absolute atomic E-state index is 5.75. The summed E-state index contributed by atoms with van der Waals surface area (Å²) < 4.78 is 5.48. The Bertz CT molecular complexity index is 1060. The minimum absolute atomic E-state index is 0.229. The topological polar surface area (TPSA) is 132 Å². The third-order valence-electron chi connectivity index (χ3n) is 5.37. The number of nitrogens with two attached hydrogens (primary N) is 2. The van der Waals surface area contributed by atoms with E-state index in [1.54, 1.807) is 18.5 Å². The molecule has 8 nitrogen and oxygen atoms in total. The Morgan fingerprint density at radius 3 is 2.66 bits per heavy atom. The van der Waals surface area contributed by atoms with Crippen molar-refractivity contribution in [1.82, 2.24) is 20.3 Å². The number of nitrogens with zero attached hydrogens (tertiary/aromatic N) is 4. The number of hydrogen-bond acceptors (Lipinski definition) is 7. The zero-order valence-corrected chi connectivity index (χ0v) is 16.2. The van der Waals surface area contributed by atoms with Crippen molar-refractivity contribution in [3.63, 3.8) is 0 Å². The average molecular weight is 389 g/mol. The van der Waals surface area contributed by atoms with E-state index in [-0.39, 0.29) is 11.2 Å². The Balaban J connectivity index is 1.66. The van der Waals surface area contributed by atoms with Gasteiger partial charge in [-0.3, -0.25) is 5.10 Å². The predicted molar refractivity (Wildman–Crippen MR) is 111 cm³/mol. The maximum atomic E-state index is 5.75. The lowest BCUT2D eigenvalue weighted by Gasteiger charge is -2.27. The van der Waals surface area contributed by atoms with Crippen molar-refractivity contribution < 1.29 is 4.52 Å². The van der Waals surface area contributed by atoms with Gasteiger partial charge in [0.05, 0.1) is 5.41 Å². The van der Waals surface area contributed by atoms with Crippen molar-refractivity contribution in [2.24, 2.45) is 22.4 Å². The van der Waals surface area contributed by atoms with Gasteiger partial charge in [0.15, 0.2) is 5.82 Å². The Kier molecular flexibility index (Phi) is 4.75. The molecule has 0 spiro atoms. The van der Waals surface area contributed by atoms with Crippen LogP contribution in [0.4, 0.5) is 0 Å². The highest BCUT2D eigenvalue weighted by molar-refractivity contribution is 6.09. The third kappa shape index (κ3) is 3.56. The summed E-state index contributed by atoms with van der Waals surface area (Å²) in [6.45, 7) is 5.73. The zero-order chi connectivity index (χ0) is 20.4. The zero-order valence-electron chi connectivity index (χ0n) is 16.2. The molecular formula is C21H23N7O. The highest BCUT2D eigenvalue weighted by Crippen LogP contribution is 2.50. The van der Waals surface area contributed by atoms with Crippen LogP contribution in [0.15, 0.2) is 64.6 Å². The van der Waals surface area contributed by atoms with Crippen molar-refractivity contribution in [1.29, 1.82) is 0 Å². The van der Waals surface area contributed by atoms with Crippen LogP contribution in [0.3, 0.4) is 0 Å². The van der Waals surface area contributed by atoms with Crippen molar-refractivity contribution in [2.45, 2.75) is 25.2 Å². The number of aliphatic imine (C=N–C) groups is 1. The van der Waals surface area contributed by atoms with Crippen LogP contribution in [-0.4, -0.2) is 26.6 Å². The van der Waals surface area contributed by atoms with Gasteiger partial charge in [-0.25, -0.2) is 4.99 Å². The van der Waals surface area contributed by atoms with Crippen molar-refractivity contribution in [3.05, 3.63) is 72.1 Å². The molecule has 0 radical (unpaired) electrons. The quantitative estimate of drug-likeness (QED) is 0.532. The van der Waals surface area contributed by atoms with Crippen molar-refractivity contribution in [3.8, 4) is 11.6 Å². The number of rotatable bonds is 7. The first kappa shape index (κ1) is 18.7. The summed E-state index contributed by atoms with van der Waals surface area (Å²) in [6, 6.07) is 9.97. The molecule has 1 aliphatic carbocycles. The lowest BCUT2D eigenvalue weighted by Crippen LogP contribution is -2.28. The van der Waals surface area contributed by atoms with Crippen LogP contribution in [0.2, 0.25) is 0 Å². The molecule has 0 aliphatic heterocycles. The highest BCUT2D eigenvalue weighted by Gasteiger charge is 2.47. The second-order valence-electron chi connectivity index (χ2n) is 7.31. The molecule has 2 aromatic heterocycles. The van der Waals surface area contributed by atoms with E-state index >= 15 is 0 Å². The minimum atomic E-state index is -0.344. The summed E-state index contributed by atoms with van der Waals surface area (Å²) in [6.07, 6.45) is 7.08. The Morgan fingerprint density at radius 1 is 1.31 bits per heavy atom. The standard InChI is InChI=1S/C21H23N7O/c1-13(23)24-12-15(11-22)14-3-5-16(6-4-14)21(2,17-7-8-17)20-26-19(29-28-20)18-9-10-25-27-18/h3-6,9-12,17H,1,7-8,22-23H2,2H3,(H,25,27)/b15-11+,24-12-. The van der Waals surface area contributed by atoms with Gasteiger partial charge >= 0.3 is 0 Å². The molecule has 1 aromatic carbocycles. The van der Waals surface area contributed by atoms with Crippen LogP contribution in [0, 0.1) is 5.92 Å². The lowest BCUT2D eigenvalue weighted by molar-refractivity contribution is 0.386. The Hall–Kier alpha value is -3.68. The predicted octanol–water partition coefficient (Wildman–Crippen LogP) is 2.98. The van der Waals surface area contributed by atoms with E-state index < -0.39 is 0 Å². The van der Waals surface area contributed by atoms with E-state index in [1.807, 2.05) is 12.1 Å². The Morgan fingerprint density at radius 2 is 2.07 bits per heavy atom. The second kappa shape index (κ2) is 7.38. The molecule has 1 saturated carbocycles. The summed E-state index contributed by atoms with van der Waals surface area (Å²) in [5.41, 5.74) is 14.4. The summed E-state index contributed by atoms with van der Waals surface area (Å²) in [7, 11) is 0. The van der Waals surface area contributed by atoms with Gasteiger partial charge in [0.1, 0.15) is 11.5 Å². The second-order valence-corrected chi connectivity index (χ2v) is 7.31. The summed E-state index contributed by atoms with van der Waals surface area (Å²) >= 11 is 0. The molecule has 3 aromatic rings. The number of aromatic nitrogens is 4. The fourth-order valence-electron chi connectivity index (χ4n) is 3.50. The first-order valence-corrected chi connectivity index (χ1v) is 9.38. The van der Waals surface area contributed by atoms with Gasteiger partial charge in [-0.15, -0.1) is 0 Å². The van der Waals surface area contributed by atoms with E-state index in [9.17, 15) is 0 Å². The summed E-state index contributed by atoms with van der Waals surface area (Å²) in [4.78, 5) is 8.67. The molecule has 29 heavy (non-hydrogen) atoms. The van der Waals surface area contributed by atoms with E-state index in [0.29, 0.717) is 23.3 Å². The molecule has 0 saturated heterocycles. The number of benzene rings is 1. The largest absolute Gasteiger partial charge is 0.404 e. The number of H-pyrrole nitrogens is 1. The van der Waals surface area contributed by atoms with Gasteiger partial charge in [0.25, 0.3) is 5.89 Å². The van der Waals surface area contributed by atoms with Crippen LogP contribution in [0.1, 0.15) is 36.7 Å². The van der Waals surface area contributed by atoms with Crippen LogP contribution in [-0.2, 0) is 5.41 Å². The molecule has 0 bridgehead atoms. The lowest BCUT2D eigenvalue weighted by atomic mass is 9.76. The summed E-state index contributed by atoms with van der Waals surface area (Å²) in [5.74, 6) is 1.77. The molecule has 0 amide bonds. The van der Waals surface area contributed by atoms with E-state index in [0.717, 1.165) is 29.5 Å². The Labute approximate surface area is 168 Å². The van der Waals surface area contributed by atoms with E-state index in [4.69, 9.17) is 16.0 Å². The van der Waals surface area contributed by atoms with Gasteiger partial charge in [-0.1, -0.05) is 36.0 Å². The van der Waals surface area contributed by atoms with Crippen molar-refractivity contribution in [2.75, 3.05) is 0 Å². The first-order valence-electron chi connectivity index (χ1n) is 9.38. The van der Waals surface area contributed by atoms with Crippen LogP contribution in [0.25, 0.3) is 17.2 Å². The average Bonchev–Trinajstić information content (AvgIpc) is 3.22. The minimum Gasteiger partial charge on any atom is -0.404 e. The monoisotopic (exact) mass is 389 g/mol. The first-order chi connectivity index (χ1) is 14.0. The van der Waals surface area contributed by atoms with Gasteiger partial charge in [-0.05, 0) is 42.9 Å². The molecule has 1 atom stereocenters. The normalized spacial score (nSPS) is 16.8. The van der Waals surface area contributed by atoms with Crippen LogP contribution >= 0.6 is 0 Å².